The Balaban J connectivity index is 1.48. The van der Waals surface area contributed by atoms with E-state index < -0.39 is 0 Å². The molecule has 1 unspecified atom stereocenters. The molecule has 0 aliphatic carbocycles. The summed E-state index contributed by atoms with van der Waals surface area (Å²) < 4.78 is 13.7. The number of aromatic nitrogens is 2. The van der Waals surface area contributed by atoms with Crippen LogP contribution in [0.5, 0.6) is 0 Å². The highest BCUT2D eigenvalue weighted by Crippen LogP contribution is 2.23. The highest BCUT2D eigenvalue weighted by Gasteiger charge is 2.20. The number of methoxy groups -OCH3 is 1. The van der Waals surface area contributed by atoms with E-state index in [9.17, 15) is 9.59 Å². The number of thiazole rings is 1. The third kappa shape index (κ3) is 5.15. The predicted octanol–water partition coefficient (Wildman–Crippen LogP) is 4.67. The molecule has 3 rings (SSSR count). The van der Waals surface area contributed by atoms with E-state index in [1.165, 1.54) is 0 Å². The Bertz CT molecular complexity index is 1000. The molecule has 2 aromatic heterocycles. The third-order valence-corrected chi connectivity index (χ3v) is 6.20. The molecule has 160 valence electrons. The fraction of sp³-hybridized carbons (Fsp3) is 0.435. The van der Waals surface area contributed by atoms with Crippen LogP contribution in [0.25, 0.3) is 10.2 Å². The number of hydrogen-bond acceptors (Lipinski definition) is 6. The van der Waals surface area contributed by atoms with Gasteiger partial charge in [-0.2, -0.15) is 0 Å². The van der Waals surface area contributed by atoms with Gasteiger partial charge in [-0.05, 0) is 51.8 Å². The molecule has 0 N–H and O–H groups in total. The largest absolute Gasteiger partial charge is 0.457 e. The number of carbonyl (C=O) groups is 2. The highest BCUT2D eigenvalue weighted by atomic mass is 32.1. The van der Waals surface area contributed by atoms with E-state index in [2.05, 4.69) is 9.55 Å². The molecule has 3 aromatic rings. The van der Waals surface area contributed by atoms with Crippen LogP contribution in [0.4, 0.5) is 0 Å². The Hall–Kier alpha value is -2.51. The summed E-state index contributed by atoms with van der Waals surface area (Å²) in [6, 6.07) is 9.97. The summed E-state index contributed by atoms with van der Waals surface area (Å²) in [5.74, 6) is -0.537. The van der Waals surface area contributed by atoms with Crippen molar-refractivity contribution < 1.29 is 19.1 Å². The fourth-order valence-electron chi connectivity index (χ4n) is 3.76. The van der Waals surface area contributed by atoms with Crippen molar-refractivity contribution in [1.29, 1.82) is 0 Å². The lowest BCUT2D eigenvalue weighted by molar-refractivity contribution is -0.142. The quantitative estimate of drug-likeness (QED) is 0.347. The summed E-state index contributed by atoms with van der Waals surface area (Å²) in [4.78, 5) is 29.2. The second kappa shape index (κ2) is 10.00. The standard InChI is InChI=1S/C23H28N2O4S/c1-15-12-18(17(3)25(15)16(2)13-28-4)20(26)14-29-23(27)11-7-10-22-24-19-8-5-6-9-21(19)30-22/h5-6,8-9,12,16H,7,10-11,13-14H2,1-4H3. The van der Waals surface area contributed by atoms with Gasteiger partial charge in [0.15, 0.2) is 6.61 Å². The predicted molar refractivity (Wildman–Crippen MR) is 118 cm³/mol. The van der Waals surface area contributed by atoms with E-state index in [4.69, 9.17) is 9.47 Å². The number of rotatable bonds is 10. The lowest BCUT2D eigenvalue weighted by Crippen LogP contribution is -2.17. The molecule has 0 aliphatic heterocycles. The van der Waals surface area contributed by atoms with Crippen LogP contribution in [0, 0.1) is 13.8 Å². The summed E-state index contributed by atoms with van der Waals surface area (Å²) in [6.07, 6.45) is 1.64. The minimum Gasteiger partial charge on any atom is -0.457 e. The number of nitrogens with zero attached hydrogens (tertiary/aromatic N) is 2. The number of ketones is 1. The van der Waals surface area contributed by atoms with Gasteiger partial charge in [0.2, 0.25) is 5.78 Å². The molecule has 0 saturated heterocycles. The molecule has 1 atom stereocenters. The second-order valence-electron chi connectivity index (χ2n) is 7.47. The molecule has 0 radical (unpaired) electrons. The summed E-state index contributed by atoms with van der Waals surface area (Å²) in [6.45, 7) is 6.25. The van der Waals surface area contributed by atoms with Gasteiger partial charge in [0.1, 0.15) is 0 Å². The van der Waals surface area contributed by atoms with Gasteiger partial charge in [-0.1, -0.05) is 12.1 Å². The van der Waals surface area contributed by atoms with Crippen LogP contribution in [-0.4, -0.2) is 41.6 Å². The summed E-state index contributed by atoms with van der Waals surface area (Å²) in [5, 5.41) is 1.01. The zero-order valence-electron chi connectivity index (χ0n) is 17.9. The molecule has 6 nitrogen and oxygen atoms in total. The van der Waals surface area contributed by atoms with E-state index in [0.29, 0.717) is 18.6 Å². The van der Waals surface area contributed by atoms with Gasteiger partial charge in [-0.3, -0.25) is 9.59 Å². The lowest BCUT2D eigenvalue weighted by atomic mass is 10.1. The SMILES string of the molecule is COCC(C)n1c(C)cc(C(=O)COC(=O)CCCc2nc3ccccc3s2)c1C. The minimum absolute atomic E-state index is 0.126. The van der Waals surface area contributed by atoms with Gasteiger partial charge in [-0.25, -0.2) is 4.98 Å². The molecule has 2 heterocycles. The first-order valence-corrected chi connectivity index (χ1v) is 10.9. The Morgan fingerprint density at radius 2 is 2.00 bits per heavy atom. The number of esters is 1. The summed E-state index contributed by atoms with van der Waals surface area (Å²) in [5.41, 5.74) is 3.44. The number of Topliss-reactive ketones (excluding diaryl/α,β-unsaturated/α-hetero) is 1. The van der Waals surface area contributed by atoms with Crippen molar-refractivity contribution in [1.82, 2.24) is 9.55 Å². The molecule has 0 bridgehead atoms. The van der Waals surface area contributed by atoms with Crippen LogP contribution in [0.1, 0.15) is 52.6 Å². The van der Waals surface area contributed by atoms with Crippen molar-refractivity contribution in [2.75, 3.05) is 20.3 Å². The van der Waals surface area contributed by atoms with Crippen LogP contribution >= 0.6 is 11.3 Å². The topological polar surface area (TPSA) is 70.4 Å². The molecule has 0 saturated carbocycles. The highest BCUT2D eigenvalue weighted by molar-refractivity contribution is 7.18. The van der Waals surface area contributed by atoms with E-state index in [-0.39, 0.29) is 30.8 Å². The zero-order valence-corrected chi connectivity index (χ0v) is 18.8. The number of aryl methyl sites for hydroxylation is 2. The molecular formula is C23H28N2O4S. The first-order chi connectivity index (χ1) is 14.4. The maximum Gasteiger partial charge on any atom is 0.306 e. The Morgan fingerprint density at radius 3 is 2.73 bits per heavy atom. The molecule has 0 aliphatic rings. The van der Waals surface area contributed by atoms with Crippen molar-refractivity contribution in [2.45, 2.75) is 46.1 Å². The number of carbonyl (C=O) groups excluding carboxylic acids is 2. The molecule has 30 heavy (non-hydrogen) atoms. The van der Waals surface area contributed by atoms with E-state index in [0.717, 1.165) is 33.0 Å². The van der Waals surface area contributed by atoms with Gasteiger partial charge in [0.25, 0.3) is 0 Å². The normalized spacial score (nSPS) is 12.3. The van der Waals surface area contributed by atoms with Crippen molar-refractivity contribution in [2.24, 2.45) is 0 Å². The average Bonchev–Trinajstić information content (AvgIpc) is 3.26. The monoisotopic (exact) mass is 428 g/mol. The van der Waals surface area contributed by atoms with Crippen molar-refractivity contribution in [3.63, 3.8) is 0 Å². The number of ether oxygens (including phenoxy) is 2. The lowest BCUT2D eigenvalue weighted by Gasteiger charge is -2.17. The first kappa shape index (κ1) is 22.2. The first-order valence-electron chi connectivity index (χ1n) is 10.1. The molecule has 0 fully saturated rings. The van der Waals surface area contributed by atoms with Gasteiger partial charge >= 0.3 is 5.97 Å². The Labute approximate surface area is 180 Å². The van der Waals surface area contributed by atoms with Crippen LogP contribution in [0.3, 0.4) is 0 Å². The van der Waals surface area contributed by atoms with E-state index in [1.807, 2.05) is 51.1 Å². The minimum atomic E-state index is -0.356. The average molecular weight is 429 g/mol. The molecular weight excluding hydrogens is 400 g/mol. The van der Waals surface area contributed by atoms with E-state index >= 15 is 0 Å². The Morgan fingerprint density at radius 1 is 1.23 bits per heavy atom. The van der Waals surface area contributed by atoms with Gasteiger partial charge in [-0.15, -0.1) is 11.3 Å². The Kier molecular flexibility index (Phi) is 7.39. The summed E-state index contributed by atoms with van der Waals surface area (Å²) >= 11 is 1.65. The maximum atomic E-state index is 12.6. The smallest absolute Gasteiger partial charge is 0.306 e. The fourth-order valence-corrected chi connectivity index (χ4v) is 4.77. The van der Waals surface area contributed by atoms with Crippen LogP contribution in [0.2, 0.25) is 0 Å². The van der Waals surface area contributed by atoms with E-state index in [1.54, 1.807) is 18.4 Å². The number of fused-ring (bicyclic) bond motifs is 1. The van der Waals surface area contributed by atoms with Gasteiger partial charge in [0.05, 0.1) is 27.9 Å². The van der Waals surface area contributed by atoms with Crippen LogP contribution in [0.15, 0.2) is 30.3 Å². The van der Waals surface area contributed by atoms with Gasteiger partial charge in [0, 0.05) is 30.5 Å². The number of para-hydroxylation sites is 1. The third-order valence-electron chi connectivity index (χ3n) is 5.11. The molecule has 7 heteroatoms. The number of hydrogen-bond donors (Lipinski definition) is 0. The molecule has 0 spiro atoms. The summed E-state index contributed by atoms with van der Waals surface area (Å²) in [7, 11) is 1.66. The van der Waals surface area contributed by atoms with Crippen molar-refractivity contribution in [3.8, 4) is 0 Å². The maximum absolute atomic E-state index is 12.6. The van der Waals surface area contributed by atoms with Crippen LogP contribution in [-0.2, 0) is 20.7 Å². The zero-order chi connectivity index (χ0) is 21.7. The molecule has 1 aromatic carbocycles. The molecule has 0 amide bonds. The van der Waals surface area contributed by atoms with Crippen LogP contribution < -0.4 is 0 Å². The second-order valence-corrected chi connectivity index (χ2v) is 8.59. The number of benzene rings is 1. The van der Waals surface area contributed by atoms with Crippen molar-refractivity contribution in [3.05, 3.63) is 52.3 Å². The van der Waals surface area contributed by atoms with Gasteiger partial charge < -0.3 is 14.0 Å². The van der Waals surface area contributed by atoms with Crippen molar-refractivity contribution >= 4 is 33.3 Å².